The maximum atomic E-state index is 12.3. The molecule has 2 aromatic heterocycles. The largest absolute Gasteiger partial charge is 0.507 e. The zero-order valence-corrected chi connectivity index (χ0v) is 20.7. The number of carbonyl (C=O) groups is 2. The summed E-state index contributed by atoms with van der Waals surface area (Å²) in [4.78, 5) is 28.9. The third-order valence-electron chi connectivity index (χ3n) is 4.66. The Morgan fingerprint density at radius 1 is 1.09 bits per heavy atom. The lowest BCUT2D eigenvalue weighted by molar-refractivity contribution is -0.119. The summed E-state index contributed by atoms with van der Waals surface area (Å²) in [6.45, 7) is 1.39. The molecule has 0 aliphatic rings. The highest BCUT2D eigenvalue weighted by Gasteiger charge is 2.19. The van der Waals surface area contributed by atoms with Gasteiger partial charge >= 0.3 is 5.97 Å². The number of benzene rings is 2. The Balaban J connectivity index is 1.33. The summed E-state index contributed by atoms with van der Waals surface area (Å²) in [6.07, 6.45) is 0. The number of aryl methyl sites for hydroxylation is 1. The van der Waals surface area contributed by atoms with E-state index in [4.69, 9.17) is 4.74 Å². The van der Waals surface area contributed by atoms with E-state index >= 15 is 0 Å². The first-order chi connectivity index (χ1) is 16.7. The highest BCUT2D eigenvalue weighted by Crippen LogP contribution is 2.27. The number of anilines is 2. The predicted molar refractivity (Wildman–Crippen MR) is 134 cm³/mol. The first kappa shape index (κ1) is 24.4. The van der Waals surface area contributed by atoms with Crippen LogP contribution >= 0.6 is 22.7 Å². The minimum Gasteiger partial charge on any atom is -0.507 e. The van der Waals surface area contributed by atoms with E-state index < -0.39 is 34.3 Å². The fraction of sp³-hybridized carbons (Fsp3) is 0.0870. The van der Waals surface area contributed by atoms with Crippen molar-refractivity contribution in [2.24, 2.45) is 0 Å². The molecule has 12 heteroatoms. The second-order valence-electron chi connectivity index (χ2n) is 7.30. The molecule has 0 bridgehead atoms. The molecule has 0 aliphatic carbocycles. The molecule has 0 spiro atoms. The van der Waals surface area contributed by atoms with Gasteiger partial charge in [0.15, 0.2) is 11.7 Å². The molecular formula is C23H19N3O6S3. The lowest BCUT2D eigenvalue weighted by atomic mass is 10.1. The fourth-order valence-electron chi connectivity index (χ4n) is 2.94. The number of nitrogens with one attached hydrogen (secondary N) is 2. The number of sulfonamides is 1. The topological polar surface area (TPSA) is 135 Å². The van der Waals surface area contributed by atoms with Gasteiger partial charge in [0, 0.05) is 17.0 Å². The molecule has 1 amide bonds. The van der Waals surface area contributed by atoms with E-state index in [2.05, 4.69) is 15.0 Å². The number of carbonyl (C=O) groups excluding carboxylic acids is 2. The Morgan fingerprint density at radius 3 is 2.54 bits per heavy atom. The lowest BCUT2D eigenvalue weighted by Gasteiger charge is -2.09. The maximum absolute atomic E-state index is 12.3. The van der Waals surface area contributed by atoms with Gasteiger partial charge in [-0.3, -0.25) is 14.8 Å². The van der Waals surface area contributed by atoms with Gasteiger partial charge in [0.05, 0.1) is 11.4 Å². The summed E-state index contributed by atoms with van der Waals surface area (Å²) in [6, 6.07) is 14.4. The summed E-state index contributed by atoms with van der Waals surface area (Å²) in [5, 5.41) is 16.5. The van der Waals surface area contributed by atoms with E-state index in [0.717, 1.165) is 28.5 Å². The number of amides is 1. The van der Waals surface area contributed by atoms with Crippen molar-refractivity contribution in [1.82, 2.24) is 4.98 Å². The number of nitrogens with zero attached hydrogens (tertiary/aromatic N) is 1. The van der Waals surface area contributed by atoms with Gasteiger partial charge in [-0.2, -0.15) is 0 Å². The van der Waals surface area contributed by atoms with Crippen LogP contribution in [0.1, 0.15) is 15.9 Å². The summed E-state index contributed by atoms with van der Waals surface area (Å²) in [7, 11) is -3.81. The predicted octanol–water partition coefficient (Wildman–Crippen LogP) is 4.48. The SMILES string of the molecule is Cc1ccc(-c2csc(NC(=O)COC(=O)c3ccc(NS(=O)(=O)c4cccs4)cc3O)n2)cc1. The number of aromatic hydroxyl groups is 1. The van der Waals surface area contributed by atoms with Crippen LogP contribution in [0.5, 0.6) is 5.75 Å². The van der Waals surface area contributed by atoms with Crippen LogP contribution in [0.4, 0.5) is 10.8 Å². The van der Waals surface area contributed by atoms with Gasteiger partial charge in [0.2, 0.25) is 0 Å². The molecule has 9 nitrogen and oxygen atoms in total. The number of phenols is 1. The molecule has 2 heterocycles. The van der Waals surface area contributed by atoms with Gasteiger partial charge in [-0.25, -0.2) is 18.2 Å². The van der Waals surface area contributed by atoms with Crippen molar-refractivity contribution in [2.45, 2.75) is 11.1 Å². The van der Waals surface area contributed by atoms with Crippen molar-refractivity contribution < 1.29 is 27.9 Å². The summed E-state index contributed by atoms with van der Waals surface area (Å²) in [5.41, 5.74) is 2.60. The van der Waals surface area contributed by atoms with Crippen molar-refractivity contribution in [3.05, 3.63) is 76.5 Å². The molecule has 2 aromatic carbocycles. The van der Waals surface area contributed by atoms with Crippen LogP contribution in [0.15, 0.2) is 69.6 Å². The van der Waals surface area contributed by atoms with Crippen molar-refractivity contribution in [1.29, 1.82) is 0 Å². The third-order valence-corrected chi connectivity index (χ3v) is 8.20. The van der Waals surface area contributed by atoms with Crippen LogP contribution in [-0.4, -0.2) is 37.0 Å². The second kappa shape index (κ2) is 10.3. The zero-order valence-electron chi connectivity index (χ0n) is 18.2. The number of aromatic nitrogens is 1. The van der Waals surface area contributed by atoms with Crippen LogP contribution in [0.25, 0.3) is 11.3 Å². The Morgan fingerprint density at radius 2 is 1.86 bits per heavy atom. The first-order valence-electron chi connectivity index (χ1n) is 10.1. The van der Waals surface area contributed by atoms with Gasteiger partial charge in [0.1, 0.15) is 15.5 Å². The number of hydrogen-bond acceptors (Lipinski definition) is 9. The summed E-state index contributed by atoms with van der Waals surface area (Å²) < 4.78 is 32.0. The van der Waals surface area contributed by atoms with Gasteiger partial charge in [0.25, 0.3) is 15.9 Å². The third kappa shape index (κ3) is 6.04. The normalized spacial score (nSPS) is 11.1. The van der Waals surface area contributed by atoms with Gasteiger partial charge in [-0.15, -0.1) is 22.7 Å². The molecular weight excluding hydrogens is 510 g/mol. The monoisotopic (exact) mass is 529 g/mol. The molecule has 180 valence electrons. The van der Waals surface area contributed by atoms with Gasteiger partial charge in [-0.1, -0.05) is 35.9 Å². The first-order valence-corrected chi connectivity index (χ1v) is 13.3. The number of rotatable bonds is 8. The number of thiophene rings is 1. The van der Waals surface area contributed by atoms with Crippen LogP contribution in [-0.2, 0) is 19.6 Å². The number of thiazole rings is 1. The molecule has 0 aliphatic heterocycles. The minimum absolute atomic E-state index is 0.0679. The number of hydrogen-bond donors (Lipinski definition) is 3. The van der Waals surface area contributed by atoms with Crippen LogP contribution in [0, 0.1) is 6.92 Å². The molecule has 4 aromatic rings. The molecule has 0 unspecified atom stereocenters. The summed E-state index contributed by atoms with van der Waals surface area (Å²) >= 11 is 2.28. The van der Waals surface area contributed by atoms with Crippen molar-refractivity contribution in [3.63, 3.8) is 0 Å². The van der Waals surface area contributed by atoms with E-state index in [9.17, 15) is 23.1 Å². The average molecular weight is 530 g/mol. The molecule has 0 saturated carbocycles. The molecule has 0 saturated heterocycles. The molecule has 35 heavy (non-hydrogen) atoms. The summed E-state index contributed by atoms with van der Waals surface area (Å²) in [5.74, 6) is -2.03. The standard InChI is InChI=1S/C23H19N3O6S3/c1-14-4-6-15(7-5-14)18-13-34-23(24-18)25-20(28)12-32-22(29)17-9-8-16(11-19(17)27)26-35(30,31)21-3-2-10-33-21/h2-11,13,26-27H,12H2,1H3,(H,24,25,28). The Labute approximate surface area is 209 Å². The fourth-order valence-corrected chi connectivity index (χ4v) is 5.72. The van der Waals surface area contributed by atoms with Crippen molar-refractivity contribution in [3.8, 4) is 17.0 Å². The van der Waals surface area contributed by atoms with E-state index in [1.165, 1.54) is 29.5 Å². The van der Waals surface area contributed by atoms with Crippen LogP contribution in [0.2, 0.25) is 0 Å². The highest BCUT2D eigenvalue weighted by atomic mass is 32.2. The maximum Gasteiger partial charge on any atom is 0.342 e. The van der Waals surface area contributed by atoms with Crippen LogP contribution < -0.4 is 10.0 Å². The number of phenolic OH excluding ortho intramolecular Hbond substituents is 1. The number of ether oxygens (including phenoxy) is 1. The van der Waals surface area contributed by atoms with Gasteiger partial charge < -0.3 is 9.84 Å². The van der Waals surface area contributed by atoms with E-state index in [1.807, 2.05) is 31.2 Å². The molecule has 4 rings (SSSR count). The van der Waals surface area contributed by atoms with Crippen molar-refractivity contribution in [2.75, 3.05) is 16.6 Å². The second-order valence-corrected chi connectivity index (χ2v) is 11.0. The Kier molecular flexibility index (Phi) is 7.15. The molecule has 3 N–H and O–H groups in total. The average Bonchev–Trinajstić information content (AvgIpc) is 3.51. The molecule has 0 fully saturated rings. The Bertz CT molecular complexity index is 1460. The van der Waals surface area contributed by atoms with Crippen LogP contribution in [0.3, 0.4) is 0 Å². The highest BCUT2D eigenvalue weighted by molar-refractivity contribution is 7.94. The molecule has 0 atom stereocenters. The Hall–Kier alpha value is -3.74. The van der Waals surface area contributed by atoms with E-state index in [-0.39, 0.29) is 15.5 Å². The van der Waals surface area contributed by atoms with Gasteiger partial charge in [-0.05, 0) is 30.5 Å². The number of esters is 1. The van der Waals surface area contributed by atoms with E-state index in [1.54, 1.807) is 16.8 Å². The smallest absolute Gasteiger partial charge is 0.342 e. The minimum atomic E-state index is -3.81. The zero-order chi connectivity index (χ0) is 25.0. The van der Waals surface area contributed by atoms with Crippen molar-refractivity contribution >= 4 is 55.4 Å². The molecule has 0 radical (unpaired) electrons. The van der Waals surface area contributed by atoms with E-state index in [0.29, 0.717) is 10.8 Å². The quantitative estimate of drug-likeness (QED) is 0.286. The lowest BCUT2D eigenvalue weighted by Crippen LogP contribution is -2.21.